The standard InChI is InChI=1S/C28H45FN4O6S/c29-21-9-5-6-11-25(21)40-17-18(34)13-14-20-19(23(35)16-24(20)36)8-3-1-2-4-12-26(37)39-27(38)22(30)10-7-15-33-28(31)32/h5-6,9,11,18-20,22-24,34-36H,1-4,7-8,10,12-17,30H2,(H4,31,32,33)/t18-,19-,20-,22+,23-,24-/m1/s1. The molecule has 1 saturated carbocycles. The van der Waals surface area contributed by atoms with Crippen LogP contribution in [0.4, 0.5) is 4.39 Å². The van der Waals surface area contributed by atoms with Crippen molar-refractivity contribution in [1.82, 2.24) is 0 Å². The molecule has 0 unspecified atom stereocenters. The summed E-state index contributed by atoms with van der Waals surface area (Å²) in [6.45, 7) is 0.340. The zero-order valence-electron chi connectivity index (χ0n) is 23.0. The molecule has 0 amide bonds. The molecule has 226 valence electrons. The number of aliphatic imine (C=N–C) groups is 1. The van der Waals surface area contributed by atoms with Crippen molar-refractivity contribution in [2.75, 3.05) is 12.3 Å². The van der Waals surface area contributed by atoms with Crippen molar-refractivity contribution in [3.05, 3.63) is 30.1 Å². The Morgan fingerprint density at radius 3 is 2.40 bits per heavy atom. The number of nitrogens with two attached hydrogens (primary N) is 3. The van der Waals surface area contributed by atoms with Crippen LogP contribution in [0.25, 0.3) is 0 Å². The van der Waals surface area contributed by atoms with E-state index >= 15 is 0 Å². The van der Waals surface area contributed by atoms with Gasteiger partial charge in [0.25, 0.3) is 0 Å². The number of hydrogen-bond acceptors (Lipinski definition) is 9. The van der Waals surface area contributed by atoms with Gasteiger partial charge in [-0.2, -0.15) is 0 Å². The molecule has 0 aromatic heterocycles. The second kappa shape index (κ2) is 18.2. The predicted molar refractivity (Wildman–Crippen MR) is 153 cm³/mol. The van der Waals surface area contributed by atoms with Gasteiger partial charge in [0.2, 0.25) is 0 Å². The van der Waals surface area contributed by atoms with E-state index in [0.717, 1.165) is 25.7 Å². The minimum atomic E-state index is -0.911. The number of aliphatic hydroxyl groups excluding tert-OH is 3. The van der Waals surface area contributed by atoms with Gasteiger partial charge in [0, 0.05) is 23.6 Å². The summed E-state index contributed by atoms with van der Waals surface area (Å²) in [5, 5.41) is 31.4. The lowest BCUT2D eigenvalue weighted by atomic mass is 9.85. The number of halogens is 1. The molecule has 10 nitrogen and oxygen atoms in total. The summed E-state index contributed by atoms with van der Waals surface area (Å²) in [6, 6.07) is 5.53. The summed E-state index contributed by atoms with van der Waals surface area (Å²) in [6.07, 6.45) is 4.16. The topological polar surface area (TPSA) is 194 Å². The maximum Gasteiger partial charge on any atom is 0.330 e. The Balaban J connectivity index is 1.61. The first kappa shape index (κ1) is 34.0. The molecule has 9 N–H and O–H groups in total. The Hall–Kier alpha value is -2.25. The smallest absolute Gasteiger partial charge is 0.330 e. The first-order valence-corrected chi connectivity index (χ1v) is 15.0. The number of guanidine groups is 1. The molecule has 1 aliphatic rings. The average Bonchev–Trinajstić information content (AvgIpc) is 3.17. The first-order valence-electron chi connectivity index (χ1n) is 14.1. The van der Waals surface area contributed by atoms with E-state index in [1.165, 1.54) is 17.8 Å². The molecule has 0 saturated heterocycles. The Morgan fingerprint density at radius 1 is 1.02 bits per heavy atom. The fourth-order valence-corrected chi connectivity index (χ4v) is 5.99. The molecular weight excluding hydrogens is 539 g/mol. The highest BCUT2D eigenvalue weighted by molar-refractivity contribution is 7.99. The summed E-state index contributed by atoms with van der Waals surface area (Å²) in [4.78, 5) is 28.2. The number of esters is 2. The number of hydrogen-bond donors (Lipinski definition) is 6. The van der Waals surface area contributed by atoms with Gasteiger partial charge in [-0.05, 0) is 68.9 Å². The predicted octanol–water partition coefficient (Wildman–Crippen LogP) is 2.21. The van der Waals surface area contributed by atoms with Crippen LogP contribution in [0, 0.1) is 17.7 Å². The van der Waals surface area contributed by atoms with Gasteiger partial charge in [-0.3, -0.25) is 9.79 Å². The minimum absolute atomic E-state index is 0.0351. The number of benzene rings is 1. The molecule has 0 heterocycles. The van der Waals surface area contributed by atoms with E-state index in [-0.39, 0.29) is 30.0 Å². The van der Waals surface area contributed by atoms with Gasteiger partial charge in [0.15, 0.2) is 5.96 Å². The van der Waals surface area contributed by atoms with Crippen LogP contribution in [0.5, 0.6) is 0 Å². The van der Waals surface area contributed by atoms with Crippen LogP contribution >= 0.6 is 11.8 Å². The number of unbranched alkanes of at least 4 members (excludes halogenated alkanes) is 3. The lowest BCUT2D eigenvalue weighted by molar-refractivity contribution is -0.160. The molecule has 1 aromatic carbocycles. The molecule has 40 heavy (non-hydrogen) atoms. The van der Waals surface area contributed by atoms with E-state index in [1.54, 1.807) is 18.2 Å². The summed E-state index contributed by atoms with van der Waals surface area (Å²) in [5.74, 6) is -1.51. The third-order valence-corrected chi connectivity index (χ3v) is 8.47. The minimum Gasteiger partial charge on any atom is -0.393 e. The summed E-state index contributed by atoms with van der Waals surface area (Å²) >= 11 is 1.27. The van der Waals surface area contributed by atoms with Gasteiger partial charge in [-0.1, -0.05) is 31.4 Å². The van der Waals surface area contributed by atoms with E-state index in [1.807, 2.05) is 0 Å². The van der Waals surface area contributed by atoms with E-state index in [9.17, 15) is 29.3 Å². The van der Waals surface area contributed by atoms with Gasteiger partial charge >= 0.3 is 11.9 Å². The van der Waals surface area contributed by atoms with Crippen molar-refractivity contribution in [3.8, 4) is 0 Å². The molecule has 0 aliphatic heterocycles. The normalized spacial score (nSPS) is 22.0. The van der Waals surface area contributed by atoms with Crippen LogP contribution in [-0.2, 0) is 14.3 Å². The van der Waals surface area contributed by atoms with Crippen LogP contribution in [0.2, 0.25) is 0 Å². The van der Waals surface area contributed by atoms with Gasteiger partial charge < -0.3 is 37.3 Å². The van der Waals surface area contributed by atoms with Crippen LogP contribution in [0.1, 0.15) is 70.6 Å². The van der Waals surface area contributed by atoms with E-state index in [0.29, 0.717) is 55.7 Å². The molecule has 0 spiro atoms. The van der Waals surface area contributed by atoms with Gasteiger partial charge in [-0.25, -0.2) is 9.18 Å². The summed E-state index contributed by atoms with van der Waals surface area (Å²) in [7, 11) is 0. The number of thioether (sulfide) groups is 1. The highest BCUT2D eigenvalue weighted by Crippen LogP contribution is 2.39. The van der Waals surface area contributed by atoms with E-state index < -0.39 is 36.3 Å². The summed E-state index contributed by atoms with van der Waals surface area (Å²) < 4.78 is 18.6. The van der Waals surface area contributed by atoms with Gasteiger partial charge in [0.1, 0.15) is 11.9 Å². The second-order valence-electron chi connectivity index (χ2n) is 10.5. The van der Waals surface area contributed by atoms with Crippen molar-refractivity contribution in [2.45, 2.75) is 99.9 Å². The van der Waals surface area contributed by atoms with Crippen LogP contribution in [0.15, 0.2) is 34.2 Å². The van der Waals surface area contributed by atoms with Crippen LogP contribution in [-0.4, -0.2) is 69.9 Å². The average molecular weight is 585 g/mol. The number of ether oxygens (including phenoxy) is 1. The van der Waals surface area contributed by atoms with Crippen LogP contribution in [0.3, 0.4) is 0 Å². The van der Waals surface area contributed by atoms with Crippen molar-refractivity contribution in [1.29, 1.82) is 0 Å². The third kappa shape index (κ3) is 12.5. The lowest BCUT2D eigenvalue weighted by Crippen LogP contribution is -2.34. The Morgan fingerprint density at radius 2 is 1.70 bits per heavy atom. The number of aliphatic hydroxyl groups is 3. The first-order chi connectivity index (χ1) is 19.1. The largest absolute Gasteiger partial charge is 0.393 e. The maximum atomic E-state index is 13.8. The van der Waals surface area contributed by atoms with Crippen molar-refractivity contribution < 1.29 is 34.0 Å². The Bertz CT molecular complexity index is 951. The molecule has 0 radical (unpaired) electrons. The van der Waals surface area contributed by atoms with Crippen molar-refractivity contribution >= 4 is 29.7 Å². The maximum absolute atomic E-state index is 13.8. The molecule has 1 aromatic rings. The quantitative estimate of drug-likeness (QED) is 0.0372. The molecule has 12 heteroatoms. The number of rotatable bonds is 18. The Kier molecular flexibility index (Phi) is 15.5. The Labute approximate surface area is 239 Å². The molecular formula is C28H45FN4O6S. The van der Waals surface area contributed by atoms with E-state index in [2.05, 4.69) is 4.99 Å². The van der Waals surface area contributed by atoms with Crippen molar-refractivity contribution in [2.24, 2.45) is 34.0 Å². The summed E-state index contributed by atoms with van der Waals surface area (Å²) in [5.41, 5.74) is 16.2. The molecule has 2 rings (SSSR count). The molecule has 1 aliphatic carbocycles. The monoisotopic (exact) mass is 584 g/mol. The van der Waals surface area contributed by atoms with Gasteiger partial charge in [0.05, 0.1) is 18.3 Å². The highest BCUT2D eigenvalue weighted by atomic mass is 32.2. The second-order valence-corrected chi connectivity index (χ2v) is 11.5. The number of carbonyl (C=O) groups excluding carboxylic acids is 2. The fraction of sp³-hybridized carbons (Fsp3) is 0.679. The number of carbonyl (C=O) groups is 2. The van der Waals surface area contributed by atoms with E-state index in [4.69, 9.17) is 21.9 Å². The third-order valence-electron chi connectivity index (χ3n) is 7.28. The van der Waals surface area contributed by atoms with Crippen molar-refractivity contribution in [3.63, 3.8) is 0 Å². The molecule has 6 atom stereocenters. The van der Waals surface area contributed by atoms with Gasteiger partial charge in [-0.15, -0.1) is 11.8 Å². The SMILES string of the molecule is NC(N)=NCCC[C@H](N)C(=O)OC(=O)CCCCCC[C@@H]1[C@@H](CC[C@@H](O)CSc2ccccc2F)[C@H](O)C[C@H]1O. The molecule has 1 fully saturated rings. The zero-order valence-corrected chi connectivity index (χ0v) is 23.8. The highest BCUT2D eigenvalue weighted by Gasteiger charge is 2.40. The zero-order chi connectivity index (χ0) is 29.5. The fourth-order valence-electron chi connectivity index (χ4n) is 5.08. The molecule has 0 bridgehead atoms. The number of nitrogens with zero attached hydrogens (tertiary/aromatic N) is 1. The lowest BCUT2D eigenvalue weighted by Gasteiger charge is -2.24. The van der Waals surface area contributed by atoms with Crippen LogP contribution < -0.4 is 17.2 Å².